The van der Waals surface area contributed by atoms with Crippen LogP contribution >= 0.6 is 0 Å². The summed E-state index contributed by atoms with van der Waals surface area (Å²) in [5.74, 6) is 0.206. The second-order valence-electron chi connectivity index (χ2n) is 4.59. The summed E-state index contributed by atoms with van der Waals surface area (Å²) in [6.07, 6.45) is 0.970. The Hall–Kier alpha value is -1.57. The van der Waals surface area contributed by atoms with Crippen LogP contribution in [-0.4, -0.2) is 5.78 Å². The number of Topliss-reactive ketones (excluding diaryl/α,β-unsaturated/α-hetero) is 1. The second-order valence-corrected chi connectivity index (χ2v) is 4.59. The third-order valence-electron chi connectivity index (χ3n) is 2.89. The highest BCUT2D eigenvalue weighted by Gasteiger charge is 2.14. The zero-order chi connectivity index (χ0) is 13.0. The van der Waals surface area contributed by atoms with Crippen LogP contribution in [0.15, 0.2) is 29.8 Å². The van der Waals surface area contributed by atoms with Gasteiger partial charge in [0.25, 0.3) is 0 Å². The summed E-state index contributed by atoms with van der Waals surface area (Å²) in [7, 11) is 0. The number of nitrogens with two attached hydrogens (primary N) is 1. The maximum Gasteiger partial charge on any atom is 0.158 e. The highest BCUT2D eigenvalue weighted by atomic mass is 16.1. The van der Waals surface area contributed by atoms with Gasteiger partial charge in [-0.05, 0) is 36.5 Å². The third kappa shape index (κ3) is 3.19. The standard InChI is InChI=1S/C15H21NO/c1-5-12-7-6-8-13(9-12)15(16)14(10(2)3)11(4)17/h6-10H,5,16H2,1-4H3/b15-14-. The van der Waals surface area contributed by atoms with Crippen molar-refractivity contribution in [1.29, 1.82) is 0 Å². The Morgan fingerprint density at radius 3 is 2.47 bits per heavy atom. The van der Waals surface area contributed by atoms with Gasteiger partial charge in [-0.1, -0.05) is 39.0 Å². The highest BCUT2D eigenvalue weighted by molar-refractivity contribution is 6.00. The Morgan fingerprint density at radius 1 is 1.35 bits per heavy atom. The summed E-state index contributed by atoms with van der Waals surface area (Å²) in [5.41, 5.74) is 9.64. The molecule has 0 bridgehead atoms. The van der Waals surface area contributed by atoms with Crippen molar-refractivity contribution in [3.05, 3.63) is 41.0 Å². The van der Waals surface area contributed by atoms with Gasteiger partial charge in [-0.15, -0.1) is 0 Å². The van der Waals surface area contributed by atoms with Crippen LogP contribution in [0.2, 0.25) is 0 Å². The Bertz CT molecular complexity index is 444. The molecule has 0 atom stereocenters. The van der Waals surface area contributed by atoms with Crippen molar-refractivity contribution in [2.45, 2.75) is 34.1 Å². The van der Waals surface area contributed by atoms with E-state index in [2.05, 4.69) is 19.1 Å². The molecule has 0 unspecified atom stereocenters. The van der Waals surface area contributed by atoms with Crippen LogP contribution in [0.4, 0.5) is 0 Å². The molecule has 0 aliphatic carbocycles. The summed E-state index contributed by atoms with van der Waals surface area (Å²) in [5, 5.41) is 0. The van der Waals surface area contributed by atoms with Crippen molar-refractivity contribution < 1.29 is 4.79 Å². The quantitative estimate of drug-likeness (QED) is 0.809. The van der Waals surface area contributed by atoms with E-state index in [9.17, 15) is 4.79 Å². The van der Waals surface area contributed by atoms with Gasteiger partial charge < -0.3 is 5.73 Å². The van der Waals surface area contributed by atoms with Crippen LogP contribution in [0.3, 0.4) is 0 Å². The van der Waals surface area contributed by atoms with Crippen LogP contribution in [0.5, 0.6) is 0 Å². The summed E-state index contributed by atoms with van der Waals surface area (Å²) in [6.45, 7) is 7.67. The van der Waals surface area contributed by atoms with E-state index in [4.69, 9.17) is 5.73 Å². The van der Waals surface area contributed by atoms with Crippen molar-refractivity contribution in [3.63, 3.8) is 0 Å². The Morgan fingerprint density at radius 2 is 2.00 bits per heavy atom. The van der Waals surface area contributed by atoms with Crippen molar-refractivity contribution >= 4 is 11.5 Å². The van der Waals surface area contributed by atoms with Crippen molar-refractivity contribution in [2.75, 3.05) is 0 Å². The molecule has 0 saturated carbocycles. The minimum absolute atomic E-state index is 0.0550. The van der Waals surface area contributed by atoms with Crippen LogP contribution in [0.1, 0.15) is 38.8 Å². The fourth-order valence-corrected chi connectivity index (χ4v) is 2.02. The van der Waals surface area contributed by atoms with Gasteiger partial charge in [-0.2, -0.15) is 0 Å². The Labute approximate surface area is 104 Å². The fraction of sp³-hybridized carbons (Fsp3) is 0.400. The van der Waals surface area contributed by atoms with E-state index in [1.54, 1.807) is 6.92 Å². The summed E-state index contributed by atoms with van der Waals surface area (Å²) >= 11 is 0. The van der Waals surface area contributed by atoms with E-state index in [0.29, 0.717) is 5.70 Å². The van der Waals surface area contributed by atoms with Crippen LogP contribution < -0.4 is 5.73 Å². The number of carbonyl (C=O) groups excluding carboxylic acids is 1. The minimum Gasteiger partial charge on any atom is -0.398 e. The normalized spacial score (nSPS) is 12.5. The first kappa shape index (κ1) is 13.5. The van der Waals surface area contributed by atoms with Crippen LogP contribution in [0.25, 0.3) is 5.70 Å². The molecule has 2 heteroatoms. The van der Waals surface area contributed by atoms with Gasteiger partial charge in [0, 0.05) is 11.3 Å². The molecule has 0 aromatic heterocycles. The lowest BCUT2D eigenvalue weighted by molar-refractivity contribution is -0.113. The first-order chi connectivity index (χ1) is 7.97. The number of benzene rings is 1. The molecule has 0 fully saturated rings. The van der Waals surface area contributed by atoms with E-state index in [1.807, 2.05) is 26.0 Å². The van der Waals surface area contributed by atoms with Gasteiger partial charge in [0.1, 0.15) is 0 Å². The van der Waals surface area contributed by atoms with Gasteiger partial charge in [0.05, 0.1) is 0 Å². The first-order valence-corrected chi connectivity index (χ1v) is 6.07. The molecule has 0 radical (unpaired) electrons. The number of aryl methyl sites for hydroxylation is 1. The van der Waals surface area contributed by atoms with Gasteiger partial charge in [-0.3, -0.25) is 4.79 Å². The van der Waals surface area contributed by atoms with Crippen LogP contribution in [-0.2, 0) is 11.2 Å². The van der Waals surface area contributed by atoms with E-state index >= 15 is 0 Å². The maximum absolute atomic E-state index is 11.6. The van der Waals surface area contributed by atoms with Gasteiger partial charge in [0.2, 0.25) is 0 Å². The number of carbonyl (C=O) groups is 1. The average molecular weight is 231 g/mol. The smallest absolute Gasteiger partial charge is 0.158 e. The Kier molecular flexibility index (Phi) is 4.50. The molecule has 0 spiro atoms. The largest absolute Gasteiger partial charge is 0.398 e. The molecule has 1 rings (SSSR count). The van der Waals surface area contributed by atoms with E-state index in [0.717, 1.165) is 17.6 Å². The van der Waals surface area contributed by atoms with E-state index < -0.39 is 0 Å². The predicted octanol–water partition coefficient (Wildman–Crippen LogP) is 3.16. The molecule has 2 nitrogen and oxygen atoms in total. The average Bonchev–Trinajstić information content (AvgIpc) is 2.28. The summed E-state index contributed by atoms with van der Waals surface area (Å²) in [6, 6.07) is 8.07. The minimum atomic E-state index is 0.0550. The molecule has 1 aromatic carbocycles. The molecule has 0 aliphatic rings. The number of hydrogen-bond acceptors (Lipinski definition) is 2. The maximum atomic E-state index is 11.6. The summed E-state index contributed by atoms with van der Waals surface area (Å²) in [4.78, 5) is 11.6. The fourth-order valence-electron chi connectivity index (χ4n) is 2.02. The zero-order valence-corrected chi connectivity index (χ0v) is 11.1. The predicted molar refractivity (Wildman–Crippen MR) is 72.4 cm³/mol. The van der Waals surface area contributed by atoms with Gasteiger partial charge in [0.15, 0.2) is 5.78 Å². The highest BCUT2D eigenvalue weighted by Crippen LogP contribution is 2.21. The number of ketones is 1. The van der Waals surface area contributed by atoms with Crippen molar-refractivity contribution in [1.82, 2.24) is 0 Å². The van der Waals surface area contributed by atoms with Crippen LogP contribution in [0, 0.1) is 5.92 Å². The molecule has 0 amide bonds. The number of allylic oxidation sites excluding steroid dienone is 1. The SMILES string of the molecule is CCc1cccc(/C(N)=C(/C(C)=O)C(C)C)c1. The summed E-state index contributed by atoms with van der Waals surface area (Å²) < 4.78 is 0. The van der Waals surface area contributed by atoms with Crippen molar-refractivity contribution in [2.24, 2.45) is 11.7 Å². The van der Waals surface area contributed by atoms with E-state index in [-0.39, 0.29) is 11.7 Å². The van der Waals surface area contributed by atoms with Gasteiger partial charge in [-0.25, -0.2) is 0 Å². The third-order valence-corrected chi connectivity index (χ3v) is 2.89. The van der Waals surface area contributed by atoms with Gasteiger partial charge >= 0.3 is 0 Å². The molecule has 2 N–H and O–H groups in total. The molecule has 17 heavy (non-hydrogen) atoms. The zero-order valence-electron chi connectivity index (χ0n) is 11.1. The molecule has 0 heterocycles. The van der Waals surface area contributed by atoms with E-state index in [1.165, 1.54) is 5.56 Å². The number of hydrogen-bond donors (Lipinski definition) is 1. The molecular weight excluding hydrogens is 210 g/mol. The molecule has 0 saturated heterocycles. The number of rotatable bonds is 4. The monoisotopic (exact) mass is 231 g/mol. The second kappa shape index (κ2) is 5.67. The van der Waals surface area contributed by atoms with Crippen molar-refractivity contribution in [3.8, 4) is 0 Å². The lowest BCUT2D eigenvalue weighted by Gasteiger charge is -2.13. The molecular formula is C15H21NO. The lowest BCUT2D eigenvalue weighted by Crippen LogP contribution is -2.12. The molecule has 92 valence electrons. The Balaban J connectivity index is 3.28. The molecule has 1 aromatic rings. The lowest BCUT2D eigenvalue weighted by atomic mass is 9.94. The molecule has 0 aliphatic heterocycles. The first-order valence-electron chi connectivity index (χ1n) is 6.07. The topological polar surface area (TPSA) is 43.1 Å².